The Bertz CT molecular complexity index is 824. The number of carboxylic acid groups (broad SMARTS) is 1. The number of aryl methyl sites for hydroxylation is 1. The van der Waals surface area contributed by atoms with E-state index in [4.69, 9.17) is 5.11 Å². The van der Waals surface area contributed by atoms with E-state index in [9.17, 15) is 18.0 Å². The summed E-state index contributed by atoms with van der Waals surface area (Å²) >= 11 is 0. The number of benzene rings is 1. The van der Waals surface area contributed by atoms with Gasteiger partial charge in [-0.25, -0.2) is 13.4 Å². The topological polar surface area (TPSA) is 129 Å². The van der Waals surface area contributed by atoms with E-state index in [1.165, 1.54) is 6.20 Å². The van der Waals surface area contributed by atoms with Crippen molar-refractivity contribution in [1.29, 1.82) is 0 Å². The van der Waals surface area contributed by atoms with Crippen LogP contribution in [0, 0.1) is 6.92 Å². The minimum absolute atomic E-state index is 0.0936. The van der Waals surface area contributed by atoms with Gasteiger partial charge in [0, 0.05) is 0 Å². The second-order valence-electron chi connectivity index (χ2n) is 4.99. The predicted molar refractivity (Wildman–Crippen MR) is 83.7 cm³/mol. The summed E-state index contributed by atoms with van der Waals surface area (Å²) in [5.74, 6) is -4.27. The number of H-pyrrole nitrogens is 1. The first-order chi connectivity index (χ1) is 10.7. The molecule has 8 nitrogen and oxygen atoms in total. The number of amides is 1. The SMILES string of the molecule is Cc1ccc(-c2cnc(NC(=O)CS(=O)(=O)CC(=O)O)[nH]2)cc1. The fourth-order valence-corrected chi connectivity index (χ4v) is 2.82. The van der Waals surface area contributed by atoms with Crippen molar-refractivity contribution in [2.75, 3.05) is 16.8 Å². The molecule has 1 aromatic carbocycles. The van der Waals surface area contributed by atoms with Crippen LogP contribution in [0.5, 0.6) is 0 Å². The minimum Gasteiger partial charge on any atom is -0.480 e. The number of carbonyl (C=O) groups is 2. The van der Waals surface area contributed by atoms with Crippen molar-refractivity contribution in [1.82, 2.24) is 9.97 Å². The molecule has 0 atom stereocenters. The summed E-state index contributed by atoms with van der Waals surface area (Å²) < 4.78 is 22.9. The maximum Gasteiger partial charge on any atom is 0.318 e. The Morgan fingerprint density at radius 2 is 1.87 bits per heavy atom. The van der Waals surface area contributed by atoms with Gasteiger partial charge in [0.25, 0.3) is 0 Å². The third-order valence-corrected chi connectivity index (χ3v) is 4.28. The molecule has 0 radical (unpaired) electrons. The molecule has 23 heavy (non-hydrogen) atoms. The molecule has 122 valence electrons. The maximum absolute atomic E-state index is 11.7. The van der Waals surface area contributed by atoms with Gasteiger partial charge in [0.15, 0.2) is 9.84 Å². The summed E-state index contributed by atoms with van der Waals surface area (Å²) in [6.45, 7) is 1.96. The Labute approximate surface area is 132 Å². The van der Waals surface area contributed by atoms with Crippen LogP contribution in [0.25, 0.3) is 11.3 Å². The third-order valence-electron chi connectivity index (χ3n) is 2.89. The van der Waals surface area contributed by atoms with Gasteiger partial charge in [0.05, 0.1) is 11.9 Å². The molecule has 0 saturated carbocycles. The zero-order valence-corrected chi connectivity index (χ0v) is 13.1. The Hall–Kier alpha value is -2.68. The number of nitrogens with zero attached hydrogens (tertiary/aromatic N) is 1. The van der Waals surface area contributed by atoms with E-state index in [-0.39, 0.29) is 5.95 Å². The molecule has 1 amide bonds. The van der Waals surface area contributed by atoms with E-state index in [0.29, 0.717) is 5.69 Å². The Kier molecular flexibility index (Phi) is 4.80. The number of imidazole rings is 1. The first-order valence-electron chi connectivity index (χ1n) is 6.59. The molecule has 1 aromatic heterocycles. The highest BCUT2D eigenvalue weighted by atomic mass is 32.2. The summed E-state index contributed by atoms with van der Waals surface area (Å²) in [6, 6.07) is 7.61. The molecule has 1 heterocycles. The lowest BCUT2D eigenvalue weighted by Crippen LogP contribution is -2.27. The normalized spacial score (nSPS) is 11.2. The van der Waals surface area contributed by atoms with Crippen LogP contribution >= 0.6 is 0 Å². The predicted octanol–water partition coefficient (Wildman–Crippen LogP) is 0.823. The number of carbonyl (C=O) groups excluding carboxylic acids is 1. The van der Waals surface area contributed by atoms with Gasteiger partial charge in [-0.05, 0) is 12.5 Å². The van der Waals surface area contributed by atoms with Crippen LogP contribution in [0.3, 0.4) is 0 Å². The van der Waals surface area contributed by atoms with Crippen LogP contribution in [0.15, 0.2) is 30.5 Å². The minimum atomic E-state index is -4.00. The molecule has 2 aromatic rings. The number of rotatable bonds is 6. The van der Waals surface area contributed by atoms with Crippen LogP contribution in [-0.4, -0.2) is 46.9 Å². The molecule has 9 heteroatoms. The van der Waals surface area contributed by atoms with Crippen LogP contribution in [0.1, 0.15) is 5.56 Å². The lowest BCUT2D eigenvalue weighted by atomic mass is 10.1. The average molecular weight is 337 g/mol. The van der Waals surface area contributed by atoms with Gasteiger partial charge in [-0.1, -0.05) is 29.8 Å². The second kappa shape index (κ2) is 6.61. The standard InChI is InChI=1S/C14H15N3O5S/c1-9-2-4-10(5-3-9)11-6-15-14(16-11)17-12(18)7-23(21,22)8-13(19)20/h2-6H,7-8H2,1H3,(H,19,20)(H2,15,16,17,18). The molecule has 0 saturated heterocycles. The van der Waals surface area contributed by atoms with E-state index in [0.717, 1.165) is 11.1 Å². The van der Waals surface area contributed by atoms with Crippen molar-refractivity contribution in [3.05, 3.63) is 36.0 Å². The van der Waals surface area contributed by atoms with Gasteiger partial charge >= 0.3 is 5.97 Å². The number of aromatic amines is 1. The Balaban J connectivity index is 2.03. The molecule has 0 aliphatic carbocycles. The summed E-state index contributed by atoms with van der Waals surface area (Å²) in [4.78, 5) is 28.9. The van der Waals surface area contributed by atoms with Gasteiger partial charge in [-0.15, -0.1) is 0 Å². The molecule has 0 aliphatic heterocycles. The number of nitrogens with one attached hydrogen (secondary N) is 2. The molecule has 0 aliphatic rings. The molecule has 0 fully saturated rings. The molecule has 0 unspecified atom stereocenters. The van der Waals surface area contributed by atoms with Gasteiger partial charge in [0.1, 0.15) is 11.5 Å². The van der Waals surface area contributed by atoms with Crippen molar-refractivity contribution in [3.63, 3.8) is 0 Å². The first kappa shape index (κ1) is 16.7. The zero-order valence-electron chi connectivity index (χ0n) is 12.2. The Morgan fingerprint density at radius 1 is 1.22 bits per heavy atom. The van der Waals surface area contributed by atoms with E-state index in [1.54, 1.807) is 0 Å². The number of sulfone groups is 1. The van der Waals surface area contributed by atoms with Gasteiger partial charge in [-0.3, -0.25) is 14.9 Å². The number of anilines is 1. The van der Waals surface area contributed by atoms with Crippen molar-refractivity contribution >= 4 is 27.7 Å². The fourth-order valence-electron chi connectivity index (χ4n) is 1.87. The number of hydrogen-bond acceptors (Lipinski definition) is 5. The monoisotopic (exact) mass is 337 g/mol. The number of aromatic nitrogens is 2. The van der Waals surface area contributed by atoms with Crippen LogP contribution in [-0.2, 0) is 19.4 Å². The molecule has 2 rings (SSSR count). The summed E-state index contributed by atoms with van der Waals surface area (Å²) in [7, 11) is -4.00. The van der Waals surface area contributed by atoms with E-state index in [2.05, 4.69) is 15.3 Å². The van der Waals surface area contributed by atoms with E-state index in [1.807, 2.05) is 31.2 Å². The molecular formula is C14H15N3O5S. The Morgan fingerprint density at radius 3 is 2.48 bits per heavy atom. The van der Waals surface area contributed by atoms with Crippen molar-refractivity contribution < 1.29 is 23.1 Å². The van der Waals surface area contributed by atoms with Crippen molar-refractivity contribution in [3.8, 4) is 11.3 Å². The lowest BCUT2D eigenvalue weighted by molar-refractivity contribution is -0.134. The fraction of sp³-hybridized carbons (Fsp3) is 0.214. The summed E-state index contributed by atoms with van der Waals surface area (Å²) in [5.41, 5.74) is 2.63. The molecule has 0 bridgehead atoms. The third kappa shape index (κ3) is 4.92. The maximum atomic E-state index is 11.7. The van der Waals surface area contributed by atoms with Crippen LogP contribution < -0.4 is 5.32 Å². The molecule has 3 N–H and O–H groups in total. The number of hydrogen-bond donors (Lipinski definition) is 3. The summed E-state index contributed by atoms with van der Waals surface area (Å²) in [5, 5.41) is 10.8. The molecular weight excluding hydrogens is 322 g/mol. The second-order valence-corrected chi connectivity index (χ2v) is 7.05. The highest BCUT2D eigenvalue weighted by Crippen LogP contribution is 2.18. The number of aliphatic carboxylic acids is 1. The molecule has 0 spiro atoms. The highest BCUT2D eigenvalue weighted by Gasteiger charge is 2.21. The van der Waals surface area contributed by atoms with Gasteiger partial charge in [0.2, 0.25) is 11.9 Å². The van der Waals surface area contributed by atoms with Gasteiger partial charge < -0.3 is 10.1 Å². The van der Waals surface area contributed by atoms with Crippen molar-refractivity contribution in [2.45, 2.75) is 6.92 Å². The number of carboxylic acids is 1. The first-order valence-corrected chi connectivity index (χ1v) is 8.41. The quantitative estimate of drug-likeness (QED) is 0.716. The highest BCUT2D eigenvalue weighted by molar-refractivity contribution is 7.92. The summed E-state index contributed by atoms with van der Waals surface area (Å²) in [6.07, 6.45) is 1.51. The van der Waals surface area contributed by atoms with E-state index >= 15 is 0 Å². The van der Waals surface area contributed by atoms with Gasteiger partial charge in [-0.2, -0.15) is 0 Å². The van der Waals surface area contributed by atoms with Crippen molar-refractivity contribution in [2.24, 2.45) is 0 Å². The largest absolute Gasteiger partial charge is 0.480 e. The average Bonchev–Trinajstić information content (AvgIpc) is 2.85. The van der Waals surface area contributed by atoms with Crippen LogP contribution in [0.4, 0.5) is 5.95 Å². The lowest BCUT2D eigenvalue weighted by Gasteiger charge is -2.02. The smallest absolute Gasteiger partial charge is 0.318 e. The van der Waals surface area contributed by atoms with E-state index < -0.39 is 33.2 Å². The van der Waals surface area contributed by atoms with Crippen LogP contribution in [0.2, 0.25) is 0 Å². The zero-order chi connectivity index (χ0) is 17.0.